The largest absolute Gasteiger partial charge is 0.484 e. The molecule has 0 spiro atoms. The van der Waals surface area contributed by atoms with E-state index in [9.17, 15) is 0 Å². The van der Waals surface area contributed by atoms with Gasteiger partial charge in [0.25, 0.3) is 10.7 Å². The fraction of sp³-hybridized carbons (Fsp3) is 0.500. The molecule has 7 heteroatoms. The molecule has 1 aliphatic heterocycles. The van der Waals surface area contributed by atoms with Gasteiger partial charge in [0.05, 0.1) is 6.67 Å². The van der Waals surface area contributed by atoms with E-state index in [1.165, 1.54) is 12.8 Å². The summed E-state index contributed by atoms with van der Waals surface area (Å²) in [6.07, 6.45) is 2.44. The van der Waals surface area contributed by atoms with Crippen molar-refractivity contribution >= 4 is 23.8 Å². The minimum Gasteiger partial charge on any atom is -0.484 e. The van der Waals surface area contributed by atoms with E-state index in [1.807, 2.05) is 12.1 Å². The van der Waals surface area contributed by atoms with E-state index in [1.54, 1.807) is 16.8 Å². The van der Waals surface area contributed by atoms with Crippen LogP contribution in [0.1, 0.15) is 25.7 Å². The van der Waals surface area contributed by atoms with E-state index < -0.39 is 0 Å². The monoisotopic (exact) mass is 353 g/mol. The van der Waals surface area contributed by atoms with E-state index in [2.05, 4.69) is 16.9 Å². The van der Waals surface area contributed by atoms with Crippen molar-refractivity contribution in [2.45, 2.75) is 33.0 Å². The number of hydrogen-bond acceptors (Lipinski definition) is 5. The number of likely N-dealkylation sites (tertiary alicyclic amines) is 1. The predicted octanol–water partition coefficient (Wildman–Crippen LogP) is 4.13. The summed E-state index contributed by atoms with van der Waals surface area (Å²) >= 11 is 11.1. The van der Waals surface area contributed by atoms with Crippen LogP contribution in [0.25, 0.3) is 0 Å². The van der Waals surface area contributed by atoms with Crippen LogP contribution in [-0.4, -0.2) is 27.8 Å². The third kappa shape index (κ3) is 4.56. The summed E-state index contributed by atoms with van der Waals surface area (Å²) in [5.74, 6) is 2.00. The summed E-state index contributed by atoms with van der Waals surface area (Å²) in [5, 5.41) is 5.08. The highest BCUT2D eigenvalue weighted by molar-refractivity contribution is 7.71. The zero-order valence-electron chi connectivity index (χ0n) is 13.1. The molecule has 0 N–H and O–H groups in total. The van der Waals surface area contributed by atoms with Crippen molar-refractivity contribution in [3.8, 4) is 5.75 Å². The molecule has 0 unspecified atom stereocenters. The maximum Gasteiger partial charge on any atom is 0.288 e. The molecule has 0 saturated carbocycles. The average molecular weight is 354 g/mol. The molecule has 1 fully saturated rings. The summed E-state index contributed by atoms with van der Waals surface area (Å²) in [6.45, 7) is 5.37. The van der Waals surface area contributed by atoms with Crippen LogP contribution >= 0.6 is 23.8 Å². The van der Waals surface area contributed by atoms with Crippen LogP contribution < -0.4 is 4.74 Å². The van der Waals surface area contributed by atoms with Crippen LogP contribution in [0.4, 0.5) is 0 Å². The zero-order valence-corrected chi connectivity index (χ0v) is 14.6. The Labute approximate surface area is 145 Å². The molecule has 1 aromatic carbocycles. The number of nitrogens with zero attached hydrogens (tertiary/aromatic N) is 3. The number of halogens is 1. The van der Waals surface area contributed by atoms with Gasteiger partial charge in [-0.2, -0.15) is 0 Å². The summed E-state index contributed by atoms with van der Waals surface area (Å²) in [6, 6.07) is 7.18. The Morgan fingerprint density at radius 2 is 2.00 bits per heavy atom. The predicted molar refractivity (Wildman–Crippen MR) is 91.1 cm³/mol. The molecular formula is C16H20ClN3O2S. The number of aromatic nitrogens is 2. The number of piperidine rings is 1. The van der Waals surface area contributed by atoms with Crippen molar-refractivity contribution in [2.24, 2.45) is 5.92 Å². The molecule has 1 saturated heterocycles. The van der Waals surface area contributed by atoms with Crippen molar-refractivity contribution in [1.29, 1.82) is 0 Å². The quantitative estimate of drug-likeness (QED) is 0.756. The van der Waals surface area contributed by atoms with E-state index >= 15 is 0 Å². The van der Waals surface area contributed by atoms with E-state index in [-0.39, 0.29) is 6.61 Å². The fourth-order valence-electron chi connectivity index (χ4n) is 2.57. The second-order valence-electron chi connectivity index (χ2n) is 5.95. The van der Waals surface area contributed by atoms with Crippen LogP contribution in [-0.2, 0) is 13.3 Å². The van der Waals surface area contributed by atoms with Crippen LogP contribution in [0.2, 0.25) is 5.02 Å². The first-order valence-electron chi connectivity index (χ1n) is 7.78. The van der Waals surface area contributed by atoms with Gasteiger partial charge in [0.1, 0.15) is 5.75 Å². The Kier molecular flexibility index (Phi) is 5.35. The lowest BCUT2D eigenvalue weighted by molar-refractivity contribution is 0.144. The lowest BCUT2D eigenvalue weighted by Crippen LogP contribution is -2.34. The smallest absolute Gasteiger partial charge is 0.288 e. The molecule has 0 atom stereocenters. The van der Waals surface area contributed by atoms with Gasteiger partial charge in [0.15, 0.2) is 6.61 Å². The van der Waals surface area contributed by atoms with E-state index in [4.69, 9.17) is 33.0 Å². The van der Waals surface area contributed by atoms with E-state index in [0.717, 1.165) is 24.8 Å². The van der Waals surface area contributed by atoms with Gasteiger partial charge in [-0.1, -0.05) is 18.5 Å². The number of hydrogen-bond donors (Lipinski definition) is 0. The maximum atomic E-state index is 5.85. The molecule has 0 aliphatic carbocycles. The zero-order chi connectivity index (χ0) is 16.2. The number of ether oxygens (including phenoxy) is 1. The van der Waals surface area contributed by atoms with E-state index in [0.29, 0.717) is 22.4 Å². The van der Waals surface area contributed by atoms with Gasteiger partial charge in [-0.05, 0) is 55.2 Å². The molecule has 0 amide bonds. The Morgan fingerprint density at radius 3 is 2.70 bits per heavy atom. The first-order valence-corrected chi connectivity index (χ1v) is 8.56. The van der Waals surface area contributed by atoms with Crippen molar-refractivity contribution in [1.82, 2.24) is 14.7 Å². The highest BCUT2D eigenvalue weighted by Gasteiger charge is 2.17. The minimum absolute atomic E-state index is 0.245. The molecular weight excluding hydrogens is 334 g/mol. The molecule has 23 heavy (non-hydrogen) atoms. The third-order valence-electron chi connectivity index (χ3n) is 4.03. The minimum atomic E-state index is 0.245. The van der Waals surface area contributed by atoms with Gasteiger partial charge in [-0.25, -0.2) is 4.68 Å². The normalized spacial score (nSPS) is 16.6. The van der Waals surface area contributed by atoms with Crippen molar-refractivity contribution in [3.63, 3.8) is 0 Å². The lowest BCUT2D eigenvalue weighted by Gasteiger charge is -2.29. The molecule has 2 aromatic rings. The molecule has 2 heterocycles. The topological polar surface area (TPSA) is 43.4 Å². The van der Waals surface area contributed by atoms with Crippen LogP contribution in [0.5, 0.6) is 5.75 Å². The second kappa shape index (κ2) is 7.47. The Hall–Kier alpha value is -1.37. The Balaban J connectivity index is 1.57. The summed E-state index contributed by atoms with van der Waals surface area (Å²) in [7, 11) is 0. The number of benzene rings is 1. The highest BCUT2D eigenvalue weighted by Crippen LogP contribution is 2.18. The number of rotatable bonds is 5. The summed E-state index contributed by atoms with van der Waals surface area (Å²) < 4.78 is 12.9. The standard InChI is InChI=1S/C16H20ClN3O2S/c1-12-6-8-19(9-7-12)11-20-16(23)22-15(18-20)10-21-14-4-2-13(17)3-5-14/h2-5,12H,6-11H2,1H3. The van der Waals surface area contributed by atoms with Gasteiger partial charge < -0.3 is 9.15 Å². The SMILES string of the molecule is CC1CCN(Cn2nc(COc3ccc(Cl)cc3)oc2=S)CC1. The Morgan fingerprint density at radius 1 is 1.30 bits per heavy atom. The van der Waals surface area contributed by atoms with Crippen LogP contribution in [0, 0.1) is 10.8 Å². The van der Waals surface area contributed by atoms with Gasteiger partial charge in [0.2, 0.25) is 0 Å². The van der Waals surface area contributed by atoms with Gasteiger partial charge in [-0.3, -0.25) is 4.90 Å². The van der Waals surface area contributed by atoms with Crippen LogP contribution in [0.15, 0.2) is 28.7 Å². The van der Waals surface area contributed by atoms with Crippen LogP contribution in [0.3, 0.4) is 0 Å². The molecule has 0 radical (unpaired) electrons. The summed E-state index contributed by atoms with van der Waals surface area (Å²) in [5.41, 5.74) is 0. The third-order valence-corrected chi connectivity index (χ3v) is 4.58. The lowest BCUT2D eigenvalue weighted by atomic mass is 10.00. The average Bonchev–Trinajstić information content (AvgIpc) is 2.89. The fourth-order valence-corrected chi connectivity index (χ4v) is 2.89. The molecule has 124 valence electrons. The molecule has 1 aliphatic rings. The first kappa shape index (κ1) is 16.5. The van der Waals surface area contributed by atoms with Gasteiger partial charge in [-0.15, -0.1) is 5.10 Å². The first-order chi connectivity index (χ1) is 11.1. The summed E-state index contributed by atoms with van der Waals surface area (Å²) in [4.78, 5) is 2.74. The Bertz CT molecular complexity index is 690. The van der Waals surface area contributed by atoms with Crippen molar-refractivity contribution < 1.29 is 9.15 Å². The highest BCUT2D eigenvalue weighted by atomic mass is 35.5. The molecule has 3 rings (SSSR count). The molecule has 5 nitrogen and oxygen atoms in total. The maximum absolute atomic E-state index is 5.85. The van der Waals surface area contributed by atoms with Crippen molar-refractivity contribution in [3.05, 3.63) is 40.0 Å². The molecule has 1 aromatic heterocycles. The molecule has 0 bridgehead atoms. The van der Waals surface area contributed by atoms with Crippen molar-refractivity contribution in [2.75, 3.05) is 13.1 Å². The second-order valence-corrected chi connectivity index (χ2v) is 6.73. The van der Waals surface area contributed by atoms with Gasteiger partial charge in [0, 0.05) is 18.1 Å². The van der Waals surface area contributed by atoms with Gasteiger partial charge >= 0.3 is 0 Å².